The highest BCUT2D eigenvalue weighted by Gasteiger charge is 2.57. The number of para-hydroxylation sites is 1. The number of carbonyl (C=O) groups is 2. The molecule has 1 aliphatic rings. The van der Waals surface area contributed by atoms with Gasteiger partial charge in [-0.15, -0.1) is 0 Å². The van der Waals surface area contributed by atoms with Gasteiger partial charge in [-0.25, -0.2) is 4.79 Å². The van der Waals surface area contributed by atoms with Crippen molar-refractivity contribution >= 4 is 29.2 Å². The Bertz CT molecular complexity index is 1030. The zero-order valence-electron chi connectivity index (χ0n) is 18.2. The van der Waals surface area contributed by atoms with Gasteiger partial charge in [-0.2, -0.15) is 0 Å². The number of hydrogen-bond acceptors (Lipinski definition) is 5. The standard InChI is InChI=1S/C23H27ClN4O3/c1-22(2,3)23(27(4)5)26-19(25-20(29)16-13-9-10-14-17(16)24)18(21(30)31)28(23)15-11-7-6-8-12-15/h6-14,26H,1-5H3,(H,25,29)(H,30,31). The number of amides is 1. The number of carboxylic acids is 1. The van der Waals surface area contributed by atoms with Crippen LogP contribution in [-0.2, 0) is 4.79 Å². The molecule has 31 heavy (non-hydrogen) atoms. The Morgan fingerprint density at radius 2 is 1.65 bits per heavy atom. The fourth-order valence-corrected chi connectivity index (χ4v) is 4.30. The van der Waals surface area contributed by atoms with Crippen molar-refractivity contribution in [3.05, 3.63) is 76.7 Å². The Balaban J connectivity index is 2.19. The molecule has 3 N–H and O–H groups in total. The topological polar surface area (TPSA) is 84.9 Å². The van der Waals surface area contributed by atoms with E-state index in [2.05, 4.69) is 10.6 Å². The normalized spacial score (nSPS) is 18.9. The molecular weight excluding hydrogens is 416 g/mol. The molecule has 0 radical (unpaired) electrons. The molecule has 2 aromatic carbocycles. The van der Waals surface area contributed by atoms with Crippen LogP contribution in [0.5, 0.6) is 0 Å². The van der Waals surface area contributed by atoms with Crippen LogP contribution in [-0.4, -0.2) is 41.8 Å². The molecule has 2 aromatic rings. The van der Waals surface area contributed by atoms with Crippen molar-refractivity contribution in [3.8, 4) is 0 Å². The highest BCUT2D eigenvalue weighted by molar-refractivity contribution is 6.33. The van der Waals surface area contributed by atoms with Crippen molar-refractivity contribution in [1.82, 2.24) is 15.5 Å². The van der Waals surface area contributed by atoms with E-state index in [1.165, 1.54) is 0 Å². The van der Waals surface area contributed by atoms with E-state index in [0.717, 1.165) is 0 Å². The lowest BCUT2D eigenvalue weighted by atomic mass is 9.84. The third kappa shape index (κ3) is 3.86. The zero-order chi connectivity index (χ0) is 23.0. The molecule has 8 heteroatoms. The molecule has 0 spiro atoms. The van der Waals surface area contributed by atoms with Gasteiger partial charge in [0.2, 0.25) is 0 Å². The maximum atomic E-state index is 13.0. The van der Waals surface area contributed by atoms with E-state index >= 15 is 0 Å². The van der Waals surface area contributed by atoms with Crippen molar-refractivity contribution in [3.63, 3.8) is 0 Å². The summed E-state index contributed by atoms with van der Waals surface area (Å²) in [4.78, 5) is 29.1. The maximum Gasteiger partial charge on any atom is 0.356 e. The minimum absolute atomic E-state index is 0.0600. The quantitative estimate of drug-likeness (QED) is 0.654. The molecule has 1 heterocycles. The number of carbonyl (C=O) groups excluding carboxylic acids is 1. The van der Waals surface area contributed by atoms with Crippen molar-refractivity contribution < 1.29 is 14.7 Å². The maximum absolute atomic E-state index is 13.0. The third-order valence-electron chi connectivity index (χ3n) is 5.35. The monoisotopic (exact) mass is 442 g/mol. The Kier molecular flexibility index (Phi) is 6.02. The fraction of sp³-hybridized carbons (Fsp3) is 0.304. The van der Waals surface area contributed by atoms with Gasteiger partial charge in [0.05, 0.1) is 10.6 Å². The van der Waals surface area contributed by atoms with Crippen LogP contribution < -0.4 is 15.5 Å². The Hall–Kier alpha value is -3.03. The predicted molar refractivity (Wildman–Crippen MR) is 122 cm³/mol. The van der Waals surface area contributed by atoms with E-state index in [0.29, 0.717) is 5.69 Å². The summed E-state index contributed by atoms with van der Waals surface area (Å²) in [5.74, 6) is -2.54. The Morgan fingerprint density at radius 1 is 1.06 bits per heavy atom. The smallest absolute Gasteiger partial charge is 0.356 e. The molecule has 7 nitrogen and oxygen atoms in total. The van der Waals surface area contributed by atoms with Crippen LogP contribution >= 0.6 is 11.6 Å². The van der Waals surface area contributed by atoms with Crippen molar-refractivity contribution in [2.75, 3.05) is 19.0 Å². The largest absolute Gasteiger partial charge is 0.476 e. The number of halogens is 1. The minimum atomic E-state index is -1.17. The van der Waals surface area contributed by atoms with E-state index < -0.39 is 23.1 Å². The molecule has 0 saturated heterocycles. The first-order chi connectivity index (χ1) is 14.5. The molecule has 0 aliphatic carbocycles. The average molecular weight is 443 g/mol. The highest BCUT2D eigenvalue weighted by Crippen LogP contribution is 2.45. The van der Waals surface area contributed by atoms with E-state index in [4.69, 9.17) is 11.6 Å². The van der Waals surface area contributed by atoms with Gasteiger partial charge in [-0.1, -0.05) is 62.7 Å². The van der Waals surface area contributed by atoms with Crippen molar-refractivity contribution in [1.29, 1.82) is 0 Å². The van der Waals surface area contributed by atoms with Crippen LogP contribution in [0, 0.1) is 5.41 Å². The Labute approximate surface area is 187 Å². The first kappa shape index (κ1) is 22.7. The number of aliphatic carboxylic acids is 1. The van der Waals surface area contributed by atoms with E-state index in [1.807, 2.05) is 70.1 Å². The van der Waals surface area contributed by atoms with Crippen LogP contribution in [0.25, 0.3) is 0 Å². The van der Waals surface area contributed by atoms with E-state index in [-0.39, 0.29) is 22.1 Å². The molecule has 3 rings (SSSR count). The summed E-state index contributed by atoms with van der Waals surface area (Å²) in [6, 6.07) is 15.9. The molecule has 1 aliphatic heterocycles. The van der Waals surface area contributed by atoms with E-state index in [1.54, 1.807) is 29.2 Å². The molecule has 1 amide bonds. The van der Waals surface area contributed by atoms with Crippen molar-refractivity contribution in [2.24, 2.45) is 5.41 Å². The molecule has 0 bridgehead atoms. The van der Waals surface area contributed by atoms with Crippen LogP contribution in [0.3, 0.4) is 0 Å². The lowest BCUT2D eigenvalue weighted by Gasteiger charge is -2.53. The molecule has 1 unspecified atom stereocenters. The molecule has 0 aromatic heterocycles. The summed E-state index contributed by atoms with van der Waals surface area (Å²) in [7, 11) is 3.74. The van der Waals surface area contributed by atoms with Gasteiger partial charge in [0.25, 0.3) is 5.91 Å². The predicted octanol–water partition coefficient (Wildman–Crippen LogP) is 3.69. The number of nitrogens with zero attached hydrogens (tertiary/aromatic N) is 2. The number of benzene rings is 2. The summed E-state index contributed by atoms with van der Waals surface area (Å²) in [5, 5.41) is 16.5. The summed E-state index contributed by atoms with van der Waals surface area (Å²) >= 11 is 6.17. The van der Waals surface area contributed by atoms with Gasteiger partial charge in [0.15, 0.2) is 11.5 Å². The lowest BCUT2D eigenvalue weighted by molar-refractivity contribution is -0.133. The average Bonchev–Trinajstić information content (AvgIpc) is 3.05. The molecule has 0 fully saturated rings. The Morgan fingerprint density at radius 3 is 2.16 bits per heavy atom. The van der Waals surface area contributed by atoms with Crippen LogP contribution in [0.4, 0.5) is 5.69 Å². The molecule has 0 saturated carbocycles. The SMILES string of the molecule is CN(C)C1(C(C)(C)C)NC(NC(=O)c2ccccc2Cl)=C(C(=O)O)N1c1ccccc1. The number of rotatable bonds is 5. The summed E-state index contributed by atoms with van der Waals surface area (Å²) in [6.07, 6.45) is 0. The summed E-state index contributed by atoms with van der Waals surface area (Å²) < 4.78 is 0. The summed E-state index contributed by atoms with van der Waals surface area (Å²) in [6.45, 7) is 6.02. The van der Waals surface area contributed by atoms with Crippen LogP contribution in [0.15, 0.2) is 66.1 Å². The third-order valence-corrected chi connectivity index (χ3v) is 5.68. The number of nitrogens with one attached hydrogen (secondary N) is 2. The number of anilines is 1. The summed E-state index contributed by atoms with van der Waals surface area (Å²) in [5.41, 5.74) is 0.394. The van der Waals surface area contributed by atoms with Gasteiger partial charge in [-0.05, 0) is 38.4 Å². The van der Waals surface area contributed by atoms with Gasteiger partial charge in [-0.3, -0.25) is 14.6 Å². The second kappa shape index (κ2) is 8.24. The van der Waals surface area contributed by atoms with Gasteiger partial charge >= 0.3 is 5.97 Å². The van der Waals surface area contributed by atoms with Crippen molar-refractivity contribution in [2.45, 2.75) is 26.6 Å². The van der Waals surface area contributed by atoms with Gasteiger partial charge in [0.1, 0.15) is 5.82 Å². The van der Waals surface area contributed by atoms with Gasteiger partial charge < -0.3 is 15.7 Å². The highest BCUT2D eigenvalue weighted by atomic mass is 35.5. The minimum Gasteiger partial charge on any atom is -0.476 e. The number of carboxylic acid groups (broad SMARTS) is 1. The fourth-order valence-electron chi connectivity index (χ4n) is 4.08. The first-order valence-corrected chi connectivity index (χ1v) is 10.2. The second-order valence-electron chi connectivity index (χ2n) is 8.58. The lowest BCUT2D eigenvalue weighted by Crippen LogP contribution is -2.70. The first-order valence-electron chi connectivity index (χ1n) is 9.85. The zero-order valence-corrected chi connectivity index (χ0v) is 19.0. The van der Waals surface area contributed by atoms with E-state index in [9.17, 15) is 14.7 Å². The molecule has 1 atom stereocenters. The van der Waals surface area contributed by atoms with Crippen LogP contribution in [0.2, 0.25) is 5.02 Å². The van der Waals surface area contributed by atoms with Crippen LogP contribution in [0.1, 0.15) is 31.1 Å². The second-order valence-corrected chi connectivity index (χ2v) is 8.98. The number of hydrogen-bond donors (Lipinski definition) is 3. The molecule has 164 valence electrons. The molecular formula is C23H27ClN4O3. The van der Waals surface area contributed by atoms with Gasteiger partial charge in [0, 0.05) is 11.1 Å².